The van der Waals surface area contributed by atoms with Crippen molar-refractivity contribution < 1.29 is 13.2 Å². The Balaban J connectivity index is 2.49. The smallest absolute Gasteiger partial charge is 0.242 e. The van der Waals surface area contributed by atoms with E-state index in [1.165, 1.54) is 18.2 Å². The second-order valence-corrected chi connectivity index (χ2v) is 6.62. The standard InChI is InChI=1S/C14H19ClN2O3S/c1-2-3-8-20-9-4-7-17-21(18,19)14-6-5-12(11-16)10-13(14)15/h5-6,10,17H,2-4,7-9H2,1H3. The zero-order valence-electron chi connectivity index (χ0n) is 11.9. The normalized spacial score (nSPS) is 11.3. The molecule has 0 unspecified atom stereocenters. The molecule has 1 aromatic carbocycles. The molecule has 1 aromatic rings. The van der Waals surface area contributed by atoms with Gasteiger partial charge in [-0.25, -0.2) is 13.1 Å². The van der Waals surface area contributed by atoms with Crippen LogP contribution >= 0.6 is 11.6 Å². The molecule has 0 saturated carbocycles. The van der Waals surface area contributed by atoms with Gasteiger partial charge in [0.2, 0.25) is 10.0 Å². The Hall–Kier alpha value is -1.13. The molecule has 0 amide bonds. The molecule has 21 heavy (non-hydrogen) atoms. The van der Waals surface area contributed by atoms with E-state index in [0.29, 0.717) is 25.2 Å². The van der Waals surface area contributed by atoms with E-state index in [0.717, 1.165) is 12.8 Å². The summed E-state index contributed by atoms with van der Waals surface area (Å²) in [4.78, 5) is -0.0185. The van der Waals surface area contributed by atoms with Crippen LogP contribution in [0.3, 0.4) is 0 Å². The lowest BCUT2D eigenvalue weighted by Crippen LogP contribution is -2.26. The van der Waals surface area contributed by atoms with Crippen LogP contribution in [0.5, 0.6) is 0 Å². The highest BCUT2D eigenvalue weighted by molar-refractivity contribution is 7.89. The van der Waals surface area contributed by atoms with Gasteiger partial charge in [-0.2, -0.15) is 5.26 Å². The summed E-state index contributed by atoms with van der Waals surface area (Å²) in [7, 11) is -3.66. The number of unbranched alkanes of at least 4 members (excludes halogenated alkanes) is 1. The first-order valence-electron chi connectivity index (χ1n) is 6.78. The van der Waals surface area contributed by atoms with Gasteiger partial charge in [-0.05, 0) is 31.0 Å². The van der Waals surface area contributed by atoms with E-state index < -0.39 is 10.0 Å². The van der Waals surface area contributed by atoms with Gasteiger partial charge in [-0.1, -0.05) is 24.9 Å². The Morgan fingerprint density at radius 3 is 2.67 bits per heavy atom. The van der Waals surface area contributed by atoms with Gasteiger partial charge < -0.3 is 4.74 Å². The molecule has 0 bridgehead atoms. The first kappa shape index (κ1) is 17.9. The SMILES string of the molecule is CCCCOCCCNS(=O)(=O)c1ccc(C#N)cc1Cl. The molecule has 5 nitrogen and oxygen atoms in total. The fourth-order valence-electron chi connectivity index (χ4n) is 1.60. The third-order valence-electron chi connectivity index (χ3n) is 2.75. The molecule has 1 N–H and O–H groups in total. The molecule has 0 fully saturated rings. The molecule has 0 aliphatic carbocycles. The Labute approximate surface area is 130 Å². The molecule has 0 radical (unpaired) electrons. The van der Waals surface area contributed by atoms with E-state index in [1.807, 2.05) is 6.07 Å². The minimum Gasteiger partial charge on any atom is -0.381 e. The van der Waals surface area contributed by atoms with Crippen molar-refractivity contribution in [2.75, 3.05) is 19.8 Å². The highest BCUT2D eigenvalue weighted by Crippen LogP contribution is 2.22. The number of nitrogens with zero attached hydrogens (tertiary/aromatic N) is 1. The summed E-state index contributed by atoms with van der Waals surface area (Å²) in [5.74, 6) is 0. The Morgan fingerprint density at radius 2 is 2.05 bits per heavy atom. The van der Waals surface area contributed by atoms with E-state index in [2.05, 4.69) is 11.6 Å². The van der Waals surface area contributed by atoms with Gasteiger partial charge in [0.1, 0.15) is 4.90 Å². The summed E-state index contributed by atoms with van der Waals surface area (Å²) in [5.41, 5.74) is 0.322. The summed E-state index contributed by atoms with van der Waals surface area (Å²) in [6.07, 6.45) is 2.67. The molecule has 0 aromatic heterocycles. The molecule has 0 atom stereocenters. The Bertz CT molecular complexity index is 597. The number of hydrogen-bond acceptors (Lipinski definition) is 4. The van der Waals surface area contributed by atoms with Gasteiger partial charge in [-0.3, -0.25) is 0 Å². The molecule has 0 aliphatic rings. The van der Waals surface area contributed by atoms with E-state index in [9.17, 15) is 8.42 Å². The van der Waals surface area contributed by atoms with Gasteiger partial charge in [0.25, 0.3) is 0 Å². The van der Waals surface area contributed by atoms with Crippen LogP contribution in [0.1, 0.15) is 31.7 Å². The van der Waals surface area contributed by atoms with Crippen molar-refractivity contribution in [3.63, 3.8) is 0 Å². The van der Waals surface area contributed by atoms with Crippen molar-refractivity contribution in [3.8, 4) is 6.07 Å². The molecule has 0 spiro atoms. The zero-order valence-corrected chi connectivity index (χ0v) is 13.5. The number of nitriles is 1. The quantitative estimate of drug-likeness (QED) is 0.706. The Morgan fingerprint density at radius 1 is 1.33 bits per heavy atom. The number of rotatable bonds is 9. The van der Waals surface area contributed by atoms with Gasteiger partial charge in [0, 0.05) is 19.8 Å². The molecule has 116 valence electrons. The molecule has 0 aliphatic heterocycles. The van der Waals surface area contributed by atoms with E-state index in [-0.39, 0.29) is 16.5 Å². The van der Waals surface area contributed by atoms with Crippen molar-refractivity contribution >= 4 is 21.6 Å². The van der Waals surface area contributed by atoms with Crippen molar-refractivity contribution in [1.82, 2.24) is 4.72 Å². The molecule has 1 rings (SSSR count). The second-order valence-electron chi connectivity index (χ2n) is 4.47. The van der Waals surface area contributed by atoms with Crippen molar-refractivity contribution in [1.29, 1.82) is 5.26 Å². The number of ether oxygens (including phenoxy) is 1. The second kappa shape index (κ2) is 9.00. The molecule has 7 heteroatoms. The molecular weight excluding hydrogens is 312 g/mol. The molecule has 0 saturated heterocycles. The maximum Gasteiger partial charge on any atom is 0.242 e. The van der Waals surface area contributed by atoms with Crippen LogP contribution in [0, 0.1) is 11.3 Å². The van der Waals surface area contributed by atoms with Crippen LogP contribution in [-0.2, 0) is 14.8 Å². The maximum atomic E-state index is 12.1. The number of benzene rings is 1. The number of nitrogens with one attached hydrogen (secondary N) is 1. The largest absolute Gasteiger partial charge is 0.381 e. The highest BCUT2D eigenvalue weighted by Gasteiger charge is 2.17. The average Bonchev–Trinajstić information content (AvgIpc) is 2.45. The van der Waals surface area contributed by atoms with E-state index >= 15 is 0 Å². The van der Waals surface area contributed by atoms with Crippen LogP contribution in [0.25, 0.3) is 0 Å². The fourth-order valence-corrected chi connectivity index (χ4v) is 3.21. The van der Waals surface area contributed by atoms with Crippen molar-refractivity contribution in [2.24, 2.45) is 0 Å². The summed E-state index contributed by atoms with van der Waals surface area (Å²) in [6, 6.07) is 6.00. The summed E-state index contributed by atoms with van der Waals surface area (Å²) < 4.78 is 32.0. The third-order valence-corrected chi connectivity index (χ3v) is 4.69. The summed E-state index contributed by atoms with van der Waals surface area (Å²) in [6.45, 7) is 3.58. The van der Waals surface area contributed by atoms with Crippen molar-refractivity contribution in [2.45, 2.75) is 31.1 Å². The monoisotopic (exact) mass is 330 g/mol. The first-order valence-corrected chi connectivity index (χ1v) is 8.64. The third kappa shape index (κ3) is 6.02. The fraction of sp³-hybridized carbons (Fsp3) is 0.500. The molecular formula is C14H19ClN2O3S. The lowest BCUT2D eigenvalue weighted by molar-refractivity contribution is 0.130. The average molecular weight is 331 g/mol. The Kier molecular flexibility index (Phi) is 7.68. The van der Waals surface area contributed by atoms with Crippen LogP contribution in [0.15, 0.2) is 23.1 Å². The predicted octanol–water partition coefficient (Wildman–Crippen LogP) is 2.70. The van der Waals surface area contributed by atoms with Gasteiger partial charge in [-0.15, -0.1) is 0 Å². The number of sulfonamides is 1. The lowest BCUT2D eigenvalue weighted by Gasteiger charge is -2.08. The summed E-state index contributed by atoms with van der Waals surface area (Å²) >= 11 is 5.90. The van der Waals surface area contributed by atoms with Gasteiger partial charge >= 0.3 is 0 Å². The minimum atomic E-state index is -3.66. The van der Waals surface area contributed by atoms with Crippen LogP contribution in [0.2, 0.25) is 5.02 Å². The van der Waals surface area contributed by atoms with Crippen LogP contribution in [0.4, 0.5) is 0 Å². The van der Waals surface area contributed by atoms with Gasteiger partial charge in [0.15, 0.2) is 0 Å². The van der Waals surface area contributed by atoms with E-state index in [1.54, 1.807) is 0 Å². The first-order chi connectivity index (χ1) is 10.0. The molecule has 0 heterocycles. The summed E-state index contributed by atoms with van der Waals surface area (Å²) in [5, 5.41) is 8.77. The topological polar surface area (TPSA) is 79.2 Å². The predicted molar refractivity (Wildman–Crippen MR) is 81.7 cm³/mol. The van der Waals surface area contributed by atoms with Gasteiger partial charge in [0.05, 0.1) is 16.7 Å². The van der Waals surface area contributed by atoms with Crippen LogP contribution < -0.4 is 4.72 Å². The number of halogens is 1. The lowest BCUT2D eigenvalue weighted by atomic mass is 10.2. The van der Waals surface area contributed by atoms with Crippen molar-refractivity contribution in [3.05, 3.63) is 28.8 Å². The van der Waals surface area contributed by atoms with E-state index in [4.69, 9.17) is 21.6 Å². The zero-order chi connectivity index (χ0) is 15.7. The minimum absolute atomic E-state index is 0.0185. The highest BCUT2D eigenvalue weighted by atomic mass is 35.5. The van der Waals surface area contributed by atoms with Crippen LogP contribution in [-0.4, -0.2) is 28.2 Å². The number of hydrogen-bond donors (Lipinski definition) is 1. The maximum absolute atomic E-state index is 12.1.